The summed E-state index contributed by atoms with van der Waals surface area (Å²) in [4.78, 5) is 17.2. The minimum Gasteiger partial charge on any atom is -0.459 e. The van der Waals surface area contributed by atoms with E-state index in [1.165, 1.54) is 0 Å². The van der Waals surface area contributed by atoms with E-state index in [0.29, 0.717) is 12.6 Å². The van der Waals surface area contributed by atoms with Gasteiger partial charge in [-0.2, -0.15) is 0 Å². The normalized spacial score (nSPS) is 22.3. The Morgan fingerprint density at radius 3 is 2.74 bits per heavy atom. The molecule has 146 valence electrons. The number of ether oxygens (including phenoxy) is 1. The molecule has 2 amide bonds. The molecule has 2 saturated heterocycles. The minimum absolute atomic E-state index is 0.00557. The van der Waals surface area contributed by atoms with Crippen molar-refractivity contribution in [3.05, 3.63) is 35.6 Å². The Hall–Kier alpha value is -2.05. The fraction of sp³-hybridized carbons (Fsp3) is 0.571. The fourth-order valence-corrected chi connectivity index (χ4v) is 4.32. The predicted molar refractivity (Wildman–Crippen MR) is 105 cm³/mol. The van der Waals surface area contributed by atoms with Crippen LogP contribution in [0.5, 0.6) is 0 Å². The Bertz CT molecular complexity index is 797. The van der Waals surface area contributed by atoms with Gasteiger partial charge >= 0.3 is 6.03 Å². The molecule has 2 aliphatic heterocycles. The van der Waals surface area contributed by atoms with Crippen molar-refractivity contribution in [1.29, 1.82) is 0 Å². The van der Waals surface area contributed by atoms with Crippen molar-refractivity contribution < 1.29 is 13.9 Å². The van der Waals surface area contributed by atoms with Crippen molar-refractivity contribution >= 4 is 17.0 Å². The highest BCUT2D eigenvalue weighted by molar-refractivity contribution is 5.82. The number of benzene rings is 1. The molecular formula is C21H29N3O3. The van der Waals surface area contributed by atoms with Gasteiger partial charge in [0.15, 0.2) is 0 Å². The number of piperazine rings is 1. The van der Waals surface area contributed by atoms with Gasteiger partial charge in [-0.3, -0.25) is 4.90 Å². The summed E-state index contributed by atoms with van der Waals surface area (Å²) < 4.78 is 11.4. The van der Waals surface area contributed by atoms with Gasteiger partial charge < -0.3 is 19.4 Å². The Labute approximate surface area is 160 Å². The van der Waals surface area contributed by atoms with Gasteiger partial charge in [0.1, 0.15) is 11.3 Å². The van der Waals surface area contributed by atoms with Crippen LogP contribution in [0, 0.1) is 6.92 Å². The van der Waals surface area contributed by atoms with Crippen LogP contribution in [0.25, 0.3) is 11.0 Å². The van der Waals surface area contributed by atoms with Gasteiger partial charge in [-0.25, -0.2) is 4.79 Å². The summed E-state index contributed by atoms with van der Waals surface area (Å²) in [6.07, 6.45) is 2.20. The number of hydrogen-bond donors (Lipinski definition) is 1. The highest BCUT2D eigenvalue weighted by atomic mass is 16.5. The van der Waals surface area contributed by atoms with Crippen LogP contribution in [0.3, 0.4) is 0 Å². The summed E-state index contributed by atoms with van der Waals surface area (Å²) in [7, 11) is 0. The van der Waals surface area contributed by atoms with Crippen LogP contribution < -0.4 is 5.32 Å². The van der Waals surface area contributed by atoms with Crippen molar-refractivity contribution in [2.75, 3.05) is 32.8 Å². The summed E-state index contributed by atoms with van der Waals surface area (Å²) in [5.74, 6) is 0.832. The third-order valence-electron chi connectivity index (χ3n) is 5.97. The second kappa shape index (κ2) is 7.90. The average Bonchev–Trinajstić information content (AvgIpc) is 3.03. The first-order valence-corrected chi connectivity index (χ1v) is 9.96. The van der Waals surface area contributed by atoms with E-state index in [2.05, 4.69) is 23.2 Å². The Balaban J connectivity index is 1.33. The van der Waals surface area contributed by atoms with Crippen molar-refractivity contribution in [2.45, 2.75) is 45.3 Å². The maximum atomic E-state index is 12.7. The van der Waals surface area contributed by atoms with Crippen molar-refractivity contribution in [3.63, 3.8) is 0 Å². The van der Waals surface area contributed by atoms with Crippen LogP contribution in [-0.4, -0.2) is 60.8 Å². The molecule has 3 heterocycles. The number of aryl methyl sites for hydroxylation is 1. The summed E-state index contributed by atoms with van der Waals surface area (Å²) in [6.45, 7) is 8.96. The molecule has 0 bridgehead atoms. The summed E-state index contributed by atoms with van der Waals surface area (Å²) >= 11 is 0. The first kappa shape index (κ1) is 18.3. The molecule has 0 unspecified atom stereocenters. The number of nitrogens with one attached hydrogen (secondary N) is 1. The summed E-state index contributed by atoms with van der Waals surface area (Å²) in [5.41, 5.74) is 1.97. The third-order valence-corrected chi connectivity index (χ3v) is 5.97. The minimum atomic E-state index is -0.00557. The van der Waals surface area contributed by atoms with Gasteiger partial charge in [-0.15, -0.1) is 0 Å². The van der Waals surface area contributed by atoms with E-state index < -0.39 is 0 Å². The van der Waals surface area contributed by atoms with E-state index in [1.54, 1.807) is 0 Å². The monoisotopic (exact) mass is 371 g/mol. The van der Waals surface area contributed by atoms with Crippen molar-refractivity contribution in [3.8, 4) is 0 Å². The molecule has 1 atom stereocenters. The number of nitrogens with zero attached hydrogens (tertiary/aromatic N) is 2. The van der Waals surface area contributed by atoms with Gasteiger partial charge in [-0.05, 0) is 32.8 Å². The lowest BCUT2D eigenvalue weighted by Gasteiger charge is -2.44. The van der Waals surface area contributed by atoms with E-state index in [1.807, 2.05) is 30.0 Å². The second-order valence-corrected chi connectivity index (χ2v) is 7.69. The van der Waals surface area contributed by atoms with E-state index in [4.69, 9.17) is 9.15 Å². The topological polar surface area (TPSA) is 58.0 Å². The molecular weight excluding hydrogens is 342 g/mol. The molecule has 0 radical (unpaired) electrons. The van der Waals surface area contributed by atoms with Gasteiger partial charge in [0.05, 0.1) is 6.54 Å². The third kappa shape index (κ3) is 3.82. The fourth-order valence-electron chi connectivity index (χ4n) is 4.32. The summed E-state index contributed by atoms with van der Waals surface area (Å²) in [6, 6.07) is 8.79. The molecule has 4 rings (SSSR count). The SMILES string of the molecule is Cc1c(CNC(=O)N2CCN(C3CCOCC3)C[C@@H]2C)oc2ccccc12. The molecule has 6 heteroatoms. The Morgan fingerprint density at radius 2 is 2.00 bits per heavy atom. The van der Waals surface area contributed by atoms with Crippen LogP contribution in [0.15, 0.2) is 28.7 Å². The first-order chi connectivity index (χ1) is 13.1. The van der Waals surface area contributed by atoms with E-state index >= 15 is 0 Å². The molecule has 2 aromatic rings. The molecule has 0 aliphatic carbocycles. The zero-order valence-corrected chi connectivity index (χ0v) is 16.2. The molecule has 1 aromatic heterocycles. The van der Waals surface area contributed by atoms with Gasteiger partial charge in [-0.1, -0.05) is 18.2 Å². The van der Waals surface area contributed by atoms with E-state index in [-0.39, 0.29) is 12.1 Å². The first-order valence-electron chi connectivity index (χ1n) is 9.96. The molecule has 6 nitrogen and oxygen atoms in total. The molecule has 27 heavy (non-hydrogen) atoms. The number of furan rings is 1. The average molecular weight is 371 g/mol. The summed E-state index contributed by atoms with van der Waals surface area (Å²) in [5, 5.41) is 4.16. The molecule has 1 N–H and O–H groups in total. The Kier molecular flexibility index (Phi) is 5.36. The number of rotatable bonds is 3. The number of hydrogen-bond acceptors (Lipinski definition) is 4. The van der Waals surface area contributed by atoms with Crippen LogP contribution in [0.1, 0.15) is 31.1 Å². The van der Waals surface area contributed by atoms with Crippen LogP contribution in [0.4, 0.5) is 4.79 Å². The molecule has 0 saturated carbocycles. The zero-order chi connectivity index (χ0) is 18.8. The molecule has 1 aromatic carbocycles. The van der Waals surface area contributed by atoms with Crippen molar-refractivity contribution in [1.82, 2.24) is 15.1 Å². The van der Waals surface area contributed by atoms with Crippen LogP contribution in [0.2, 0.25) is 0 Å². The predicted octanol–water partition coefficient (Wildman–Crippen LogP) is 3.14. The van der Waals surface area contributed by atoms with E-state index in [0.717, 1.165) is 68.0 Å². The smallest absolute Gasteiger partial charge is 0.318 e. The number of carbonyl (C=O) groups is 1. The number of para-hydroxylation sites is 1. The highest BCUT2D eigenvalue weighted by Crippen LogP contribution is 2.25. The number of urea groups is 1. The number of fused-ring (bicyclic) bond motifs is 1. The molecule has 0 spiro atoms. The lowest BCUT2D eigenvalue weighted by molar-refractivity contribution is 0.00696. The maximum absolute atomic E-state index is 12.7. The molecule has 2 fully saturated rings. The lowest BCUT2D eigenvalue weighted by Crippen LogP contribution is -2.58. The van der Waals surface area contributed by atoms with Crippen LogP contribution >= 0.6 is 0 Å². The zero-order valence-electron chi connectivity index (χ0n) is 16.2. The lowest BCUT2D eigenvalue weighted by atomic mass is 10.0. The Morgan fingerprint density at radius 1 is 1.22 bits per heavy atom. The number of amides is 2. The standard InChI is InChI=1S/C21H29N3O3/c1-15-14-23(17-7-11-26-12-8-17)9-10-24(15)21(25)22-13-20-16(2)18-5-3-4-6-19(18)27-20/h3-6,15,17H,7-14H2,1-2H3,(H,22,25)/t15-/m0/s1. The maximum Gasteiger partial charge on any atom is 0.318 e. The quantitative estimate of drug-likeness (QED) is 0.901. The molecule has 2 aliphatic rings. The van der Waals surface area contributed by atoms with Gasteiger partial charge in [0, 0.05) is 55.9 Å². The van der Waals surface area contributed by atoms with E-state index in [9.17, 15) is 4.79 Å². The van der Waals surface area contributed by atoms with Crippen molar-refractivity contribution in [2.24, 2.45) is 0 Å². The largest absolute Gasteiger partial charge is 0.459 e. The van der Waals surface area contributed by atoms with Gasteiger partial charge in [0.25, 0.3) is 0 Å². The second-order valence-electron chi connectivity index (χ2n) is 7.69. The van der Waals surface area contributed by atoms with Gasteiger partial charge in [0.2, 0.25) is 0 Å². The van der Waals surface area contributed by atoms with Crippen LogP contribution in [-0.2, 0) is 11.3 Å². The number of carbonyl (C=O) groups excluding carboxylic acids is 1. The highest BCUT2D eigenvalue weighted by Gasteiger charge is 2.31.